The zero-order valence-corrected chi connectivity index (χ0v) is 50.8. The first-order valence-electron chi connectivity index (χ1n) is 30.9. The summed E-state index contributed by atoms with van der Waals surface area (Å²) in [6.45, 7) is 3.88. The molecule has 14 rings (SSSR count). The summed E-state index contributed by atoms with van der Waals surface area (Å²) in [7, 11) is -7.71. The molecule has 6 aliphatic carbocycles. The van der Waals surface area contributed by atoms with E-state index in [1.807, 2.05) is 48.6 Å². The molecule has 2 spiro atoms. The topological polar surface area (TPSA) is 192 Å². The summed E-state index contributed by atoms with van der Waals surface area (Å²) in [4.78, 5) is 31.5. The Bertz CT molecular complexity index is 3280. The molecule has 0 radical (unpaired) electrons. The van der Waals surface area contributed by atoms with Gasteiger partial charge < -0.3 is 29.5 Å². The van der Waals surface area contributed by atoms with E-state index in [0.29, 0.717) is 86.4 Å². The zero-order chi connectivity index (χ0) is 58.1. The number of halogens is 2. The highest BCUT2D eigenvalue weighted by molar-refractivity contribution is 7.91. The van der Waals surface area contributed by atoms with Gasteiger partial charge in [-0.15, -0.1) is 0 Å². The Morgan fingerprint density at radius 1 is 0.524 bits per heavy atom. The Kier molecular flexibility index (Phi) is 16.0. The fraction of sp³-hybridized carbons (Fsp3) is 0.545. The summed E-state index contributed by atoms with van der Waals surface area (Å²) in [5, 5.41) is 22.7. The van der Waals surface area contributed by atoms with Crippen molar-refractivity contribution in [3.8, 4) is 11.5 Å². The molecule has 84 heavy (non-hydrogen) atoms. The predicted octanol–water partition coefficient (Wildman–Crippen LogP) is 10.8. The number of ether oxygens (including phenoxy) is 2. The average molecular weight is 1220 g/mol. The second-order valence-electron chi connectivity index (χ2n) is 26.4. The molecular weight excluding hydrogens is 1140 g/mol. The zero-order valence-electron chi connectivity index (χ0n) is 47.6. The Morgan fingerprint density at radius 3 is 1.38 bits per heavy atom. The van der Waals surface area contributed by atoms with Crippen molar-refractivity contribution < 1.29 is 46.1 Å². The number of benzene rings is 4. The number of hydrogen-bond donors (Lipinski definition) is 4. The minimum absolute atomic E-state index is 0.0740. The van der Waals surface area contributed by atoms with E-state index in [1.165, 1.54) is 22.3 Å². The highest BCUT2D eigenvalue weighted by atomic mass is 35.5. The van der Waals surface area contributed by atoms with E-state index >= 15 is 0 Å². The minimum atomic E-state index is -3.85. The van der Waals surface area contributed by atoms with Gasteiger partial charge in [-0.25, -0.2) is 26.3 Å². The molecule has 1 unspecified atom stereocenters. The summed E-state index contributed by atoms with van der Waals surface area (Å²) in [6, 6.07) is 22.9. The van der Waals surface area contributed by atoms with E-state index in [2.05, 4.69) is 43.5 Å². The number of hydrogen-bond acceptors (Lipinski definition) is 12. The van der Waals surface area contributed by atoms with Gasteiger partial charge in [0, 0.05) is 58.2 Å². The Labute approximate surface area is 504 Å². The van der Waals surface area contributed by atoms with Crippen LogP contribution in [-0.2, 0) is 43.7 Å². The van der Waals surface area contributed by atoms with Crippen molar-refractivity contribution in [3.63, 3.8) is 0 Å². The molecule has 4 fully saturated rings. The first-order valence-corrected chi connectivity index (χ1v) is 34.7. The number of nitrogens with one attached hydrogen (secondary N) is 2. The third-order valence-electron chi connectivity index (χ3n) is 21.2. The standard InChI is InChI=1S/2C33H39ClN2O5S/c2*34-25-9-11-28-22(16-25)4-2-14-33(28)19-36-18-24-7-10-27(24)30(37)12-6-21-3-1-5-26(15-21)42(39,40)35-32(38)23-8-13-31(41-20-33)29(36)17-23/h2*6,8-9,11-13,16-17,21,24,26-27,30,37H,1-5,7,10,14-15,18-20H2,(H,35,38)/b2*12-6+/t21?,24-,26+,27+,30-,33-;21-,24+,26+,27-,30+,33+/m01/s1. The number of carbonyl (C=O) groups is 2. The molecule has 4 heterocycles. The lowest BCUT2D eigenvalue weighted by Crippen LogP contribution is -2.49. The first kappa shape index (κ1) is 57.9. The molecule has 14 nitrogen and oxygen atoms in total. The Morgan fingerprint density at radius 2 is 0.964 bits per heavy atom. The number of amides is 2. The third kappa shape index (κ3) is 11.4. The van der Waals surface area contributed by atoms with E-state index in [9.17, 15) is 36.6 Å². The number of rotatable bonds is 0. The number of nitrogens with zero attached hydrogens (tertiary/aromatic N) is 2. The lowest BCUT2D eigenvalue weighted by molar-refractivity contribution is 0.0452. The van der Waals surface area contributed by atoms with Crippen LogP contribution in [0.5, 0.6) is 11.5 Å². The van der Waals surface area contributed by atoms with Crippen LogP contribution in [0.4, 0.5) is 11.4 Å². The van der Waals surface area contributed by atoms with E-state index in [-0.39, 0.29) is 34.5 Å². The summed E-state index contributed by atoms with van der Waals surface area (Å²) in [6.07, 6.45) is 22.0. The van der Waals surface area contributed by atoms with Crippen molar-refractivity contribution in [2.75, 3.05) is 49.2 Å². The second-order valence-corrected chi connectivity index (χ2v) is 31.2. The molecule has 12 atom stereocenters. The highest BCUT2D eigenvalue weighted by Crippen LogP contribution is 2.50. The van der Waals surface area contributed by atoms with Crippen LogP contribution in [0.15, 0.2) is 97.1 Å². The number of carbonyl (C=O) groups excluding carboxylic acids is 2. The molecule has 4 aliphatic heterocycles. The van der Waals surface area contributed by atoms with Gasteiger partial charge >= 0.3 is 0 Å². The average Bonchev–Trinajstić information content (AvgIpc) is 2.46. The summed E-state index contributed by atoms with van der Waals surface area (Å²) in [5.74, 6) is 1.22. The predicted molar refractivity (Wildman–Crippen MR) is 327 cm³/mol. The molecule has 0 aromatic heterocycles. The maximum atomic E-state index is 13.4. The van der Waals surface area contributed by atoms with Crippen molar-refractivity contribution >= 4 is 66.4 Å². The number of fused-ring (bicyclic) bond motifs is 12. The fourth-order valence-electron chi connectivity index (χ4n) is 16.3. The Hall–Kier alpha value is -5.10. The van der Waals surface area contributed by atoms with Crippen LogP contribution < -0.4 is 28.7 Å². The van der Waals surface area contributed by atoms with Gasteiger partial charge in [0.25, 0.3) is 11.8 Å². The van der Waals surface area contributed by atoms with Crippen molar-refractivity contribution in [1.82, 2.24) is 9.44 Å². The monoisotopic (exact) mass is 1220 g/mol. The number of aliphatic hydroxyl groups excluding tert-OH is 2. The Balaban J connectivity index is 0.000000157. The summed E-state index contributed by atoms with van der Waals surface area (Å²) in [5.41, 5.74) is 6.77. The van der Waals surface area contributed by atoms with Crippen LogP contribution in [0.1, 0.15) is 146 Å². The molecule has 448 valence electrons. The normalized spacial score (nSPS) is 34.6. The maximum Gasteiger partial charge on any atom is 0.264 e. The van der Waals surface area contributed by atoms with Gasteiger partial charge in [-0.1, -0.05) is 72.5 Å². The summed E-state index contributed by atoms with van der Waals surface area (Å²) < 4.78 is 71.2. The quantitative estimate of drug-likeness (QED) is 0.122. The molecule has 2 amide bonds. The van der Waals surface area contributed by atoms with Crippen LogP contribution in [0, 0.1) is 35.5 Å². The van der Waals surface area contributed by atoms with Crippen LogP contribution >= 0.6 is 23.2 Å². The smallest absolute Gasteiger partial charge is 0.264 e. The van der Waals surface area contributed by atoms with Gasteiger partial charge in [0.2, 0.25) is 20.0 Å². The van der Waals surface area contributed by atoms with Crippen LogP contribution in [-0.4, -0.2) is 101 Å². The molecule has 18 heteroatoms. The SMILES string of the molecule is O=C1NS(=O)(=O)[C@@H]2CCCC(/C=C/[C@H](O)[C@@H]3CC[C@H]3CN3C[C@@]4(CCCc5cc(Cl)ccc54)COc4ccc1cc43)C2.O=C1NS(=O)(=O)[C@H]2CCC[C@H](/C=C/[C@H](O)[C@@H]3CC[C@H]3CN3C[C@@]4(CCCc5cc(Cl)ccc54)COc4ccc1cc43)C2. The van der Waals surface area contributed by atoms with Gasteiger partial charge in [0.1, 0.15) is 11.5 Å². The molecule has 4 aromatic rings. The molecule has 0 saturated heterocycles. The van der Waals surface area contributed by atoms with Crippen molar-refractivity contribution in [2.45, 2.75) is 149 Å². The van der Waals surface area contributed by atoms with Gasteiger partial charge in [0.05, 0.1) is 47.3 Å². The highest BCUT2D eigenvalue weighted by Gasteiger charge is 2.47. The molecule has 10 aliphatic rings. The number of allylic oxidation sites excluding steroid dienone is 2. The number of aliphatic hydroxyl groups is 2. The summed E-state index contributed by atoms with van der Waals surface area (Å²) >= 11 is 12.8. The van der Waals surface area contributed by atoms with Crippen LogP contribution in [0.25, 0.3) is 0 Å². The van der Waals surface area contributed by atoms with Gasteiger partial charge in [-0.2, -0.15) is 0 Å². The van der Waals surface area contributed by atoms with Crippen molar-refractivity contribution in [2.24, 2.45) is 35.5 Å². The third-order valence-corrected chi connectivity index (χ3v) is 25.2. The van der Waals surface area contributed by atoms with Crippen molar-refractivity contribution in [1.29, 1.82) is 0 Å². The van der Waals surface area contributed by atoms with E-state index in [4.69, 9.17) is 32.7 Å². The van der Waals surface area contributed by atoms with Gasteiger partial charge in [-0.3, -0.25) is 9.59 Å². The molecule has 4 saturated carbocycles. The molecule has 8 bridgehead atoms. The van der Waals surface area contributed by atoms with E-state index in [1.54, 1.807) is 24.3 Å². The van der Waals surface area contributed by atoms with Crippen molar-refractivity contribution in [3.05, 3.63) is 141 Å². The maximum absolute atomic E-state index is 13.4. The molecular formula is C66H78Cl2N4O10S2. The van der Waals surface area contributed by atoms with Crippen LogP contribution in [0.2, 0.25) is 10.0 Å². The number of sulfonamides is 2. The fourth-order valence-corrected chi connectivity index (χ4v) is 19.7. The lowest BCUT2D eigenvalue weighted by Gasteiger charge is -2.45. The number of aryl methyl sites for hydroxylation is 2. The molecule has 4 aromatic carbocycles. The first-order chi connectivity index (χ1) is 40.4. The molecule has 4 N–H and O–H groups in total. The van der Waals surface area contributed by atoms with E-state index in [0.717, 1.165) is 124 Å². The van der Waals surface area contributed by atoms with Crippen LogP contribution in [0.3, 0.4) is 0 Å². The van der Waals surface area contributed by atoms with Gasteiger partial charge in [0.15, 0.2) is 0 Å². The van der Waals surface area contributed by atoms with Gasteiger partial charge in [-0.05, 0) is 221 Å². The number of anilines is 2. The lowest BCUT2D eigenvalue weighted by atomic mass is 9.68. The second kappa shape index (κ2) is 23.2. The van der Waals surface area contributed by atoms with E-state index < -0.39 is 54.6 Å². The largest absolute Gasteiger partial charge is 0.490 e. The minimum Gasteiger partial charge on any atom is -0.490 e.